The zero-order valence-electron chi connectivity index (χ0n) is 8.31. The normalized spacial score (nSPS) is 17.8. The molecular weight excluding hydrogens is 306 g/mol. The first kappa shape index (κ1) is 12.3. The molecular formula is C10H6BrF4NO. The fourth-order valence-corrected chi connectivity index (χ4v) is 1.83. The number of alkyl halides is 2. The number of rotatable bonds is 1. The van der Waals surface area contributed by atoms with Gasteiger partial charge in [0.1, 0.15) is 11.6 Å². The van der Waals surface area contributed by atoms with E-state index in [4.69, 9.17) is 0 Å². The number of hydrogen-bond donors (Lipinski definition) is 0. The maximum atomic E-state index is 13.4. The van der Waals surface area contributed by atoms with Crippen molar-refractivity contribution in [3.63, 3.8) is 0 Å². The van der Waals surface area contributed by atoms with Crippen LogP contribution in [0.4, 0.5) is 17.6 Å². The molecule has 0 aromatic heterocycles. The highest BCUT2D eigenvalue weighted by atomic mass is 79.9. The third kappa shape index (κ3) is 2.29. The van der Waals surface area contributed by atoms with E-state index < -0.39 is 42.1 Å². The average molecular weight is 312 g/mol. The summed E-state index contributed by atoms with van der Waals surface area (Å²) in [7, 11) is 0. The third-order valence-corrected chi connectivity index (χ3v) is 2.98. The van der Waals surface area contributed by atoms with E-state index in [9.17, 15) is 22.4 Å². The highest BCUT2D eigenvalue weighted by molar-refractivity contribution is 9.10. The molecule has 0 bridgehead atoms. The molecule has 0 radical (unpaired) electrons. The number of amides is 1. The molecule has 1 heterocycles. The van der Waals surface area contributed by atoms with Crippen molar-refractivity contribution in [3.05, 3.63) is 33.8 Å². The summed E-state index contributed by atoms with van der Waals surface area (Å²) in [5.74, 6) is -5.62. The molecule has 1 fully saturated rings. The zero-order chi connectivity index (χ0) is 12.8. The van der Waals surface area contributed by atoms with Crippen LogP contribution >= 0.6 is 15.9 Å². The molecule has 1 saturated heterocycles. The van der Waals surface area contributed by atoms with E-state index in [1.165, 1.54) is 0 Å². The van der Waals surface area contributed by atoms with Crippen molar-refractivity contribution in [2.24, 2.45) is 0 Å². The molecule has 1 aliphatic rings. The van der Waals surface area contributed by atoms with Crippen LogP contribution in [0, 0.1) is 11.6 Å². The van der Waals surface area contributed by atoms with E-state index in [-0.39, 0.29) is 4.47 Å². The standard InChI is InChI=1S/C10H6BrF4NO/c11-6-2-7(12)5(1-8(6)13)9(17)16-3-10(14,15)4-16/h1-2H,3-4H2. The summed E-state index contributed by atoms with van der Waals surface area (Å²) in [5.41, 5.74) is -0.541. The van der Waals surface area contributed by atoms with Gasteiger partial charge in [0.25, 0.3) is 11.8 Å². The Labute approximate surface area is 102 Å². The van der Waals surface area contributed by atoms with E-state index in [1.54, 1.807) is 0 Å². The second kappa shape index (κ2) is 3.97. The largest absolute Gasteiger partial charge is 0.326 e. The van der Waals surface area contributed by atoms with Crippen molar-refractivity contribution < 1.29 is 22.4 Å². The molecule has 0 atom stereocenters. The number of benzene rings is 1. The lowest BCUT2D eigenvalue weighted by Gasteiger charge is -2.38. The average Bonchev–Trinajstić information content (AvgIpc) is 2.19. The van der Waals surface area contributed by atoms with Gasteiger partial charge in [0.05, 0.1) is 23.1 Å². The molecule has 0 N–H and O–H groups in total. The Morgan fingerprint density at radius 2 is 1.82 bits per heavy atom. The van der Waals surface area contributed by atoms with Gasteiger partial charge >= 0.3 is 0 Å². The summed E-state index contributed by atoms with van der Waals surface area (Å²) in [5, 5.41) is 0. The molecule has 0 saturated carbocycles. The Bertz CT molecular complexity index is 483. The molecule has 1 aromatic carbocycles. The molecule has 2 rings (SSSR count). The van der Waals surface area contributed by atoms with Crippen molar-refractivity contribution in [1.82, 2.24) is 4.90 Å². The lowest BCUT2D eigenvalue weighted by Crippen LogP contribution is -2.58. The van der Waals surface area contributed by atoms with Crippen molar-refractivity contribution in [3.8, 4) is 0 Å². The molecule has 1 amide bonds. The molecule has 1 aliphatic heterocycles. The number of halogens is 5. The second-order valence-electron chi connectivity index (χ2n) is 3.76. The monoisotopic (exact) mass is 311 g/mol. The Balaban J connectivity index is 2.24. The van der Waals surface area contributed by atoms with Gasteiger partial charge in [0.15, 0.2) is 0 Å². The minimum absolute atomic E-state index is 0.125. The fourth-order valence-electron chi connectivity index (χ4n) is 1.51. The topological polar surface area (TPSA) is 20.3 Å². The fraction of sp³-hybridized carbons (Fsp3) is 0.300. The number of carbonyl (C=O) groups is 1. The quantitative estimate of drug-likeness (QED) is 0.577. The molecule has 0 aliphatic carbocycles. The molecule has 0 spiro atoms. The molecule has 7 heteroatoms. The number of carbonyl (C=O) groups excluding carboxylic acids is 1. The van der Waals surface area contributed by atoms with Gasteiger partial charge in [-0.05, 0) is 28.1 Å². The van der Waals surface area contributed by atoms with Gasteiger partial charge in [-0.15, -0.1) is 0 Å². The lowest BCUT2D eigenvalue weighted by atomic mass is 10.1. The van der Waals surface area contributed by atoms with Crippen molar-refractivity contribution in [2.45, 2.75) is 5.92 Å². The van der Waals surface area contributed by atoms with Crippen molar-refractivity contribution >= 4 is 21.8 Å². The van der Waals surface area contributed by atoms with Gasteiger partial charge in [0, 0.05) is 0 Å². The summed E-state index contributed by atoms with van der Waals surface area (Å²) >= 11 is 2.76. The van der Waals surface area contributed by atoms with Crippen molar-refractivity contribution in [1.29, 1.82) is 0 Å². The second-order valence-corrected chi connectivity index (χ2v) is 4.62. The van der Waals surface area contributed by atoms with Crippen LogP contribution in [0.15, 0.2) is 16.6 Å². The maximum Gasteiger partial charge on any atom is 0.282 e. The van der Waals surface area contributed by atoms with Crippen molar-refractivity contribution in [2.75, 3.05) is 13.1 Å². The smallest absolute Gasteiger partial charge is 0.282 e. The predicted molar refractivity (Wildman–Crippen MR) is 54.9 cm³/mol. The highest BCUT2D eigenvalue weighted by Gasteiger charge is 2.46. The van der Waals surface area contributed by atoms with Crippen LogP contribution < -0.4 is 0 Å². The van der Waals surface area contributed by atoms with Crippen LogP contribution in [0.2, 0.25) is 0 Å². The van der Waals surface area contributed by atoms with Gasteiger partial charge in [0.2, 0.25) is 0 Å². The number of nitrogens with zero attached hydrogens (tertiary/aromatic N) is 1. The Morgan fingerprint density at radius 3 is 2.35 bits per heavy atom. The van der Waals surface area contributed by atoms with Crippen LogP contribution in [0.1, 0.15) is 10.4 Å². The summed E-state index contributed by atoms with van der Waals surface area (Å²) in [4.78, 5) is 12.3. The zero-order valence-corrected chi connectivity index (χ0v) is 9.90. The van der Waals surface area contributed by atoms with E-state index in [0.717, 1.165) is 11.0 Å². The van der Waals surface area contributed by atoms with Crippen LogP contribution in [-0.4, -0.2) is 29.8 Å². The number of hydrogen-bond acceptors (Lipinski definition) is 1. The Kier molecular flexibility index (Phi) is 2.89. The predicted octanol–water partition coefficient (Wildman–Crippen LogP) is 2.82. The van der Waals surface area contributed by atoms with E-state index in [1.807, 2.05) is 0 Å². The first-order valence-electron chi connectivity index (χ1n) is 4.62. The Morgan fingerprint density at radius 1 is 1.24 bits per heavy atom. The molecule has 92 valence electrons. The third-order valence-electron chi connectivity index (χ3n) is 2.37. The summed E-state index contributed by atoms with van der Waals surface area (Å²) < 4.78 is 51.4. The molecule has 1 aromatic rings. The van der Waals surface area contributed by atoms with Gasteiger partial charge in [-0.2, -0.15) is 0 Å². The van der Waals surface area contributed by atoms with Crippen LogP contribution in [0.3, 0.4) is 0 Å². The summed E-state index contributed by atoms with van der Waals surface area (Å²) in [6.45, 7) is -1.52. The molecule has 0 unspecified atom stereocenters. The van der Waals surface area contributed by atoms with Gasteiger partial charge in [-0.3, -0.25) is 4.79 Å². The Hall–Kier alpha value is -1.11. The van der Waals surface area contributed by atoms with E-state index in [2.05, 4.69) is 15.9 Å². The van der Waals surface area contributed by atoms with Gasteiger partial charge in [-0.25, -0.2) is 17.6 Å². The first-order valence-corrected chi connectivity index (χ1v) is 5.41. The highest BCUT2D eigenvalue weighted by Crippen LogP contribution is 2.29. The number of likely N-dealkylation sites (tertiary alicyclic amines) is 1. The molecule has 2 nitrogen and oxygen atoms in total. The lowest BCUT2D eigenvalue weighted by molar-refractivity contribution is -0.113. The maximum absolute atomic E-state index is 13.4. The van der Waals surface area contributed by atoms with E-state index >= 15 is 0 Å². The molecule has 17 heavy (non-hydrogen) atoms. The van der Waals surface area contributed by atoms with Crippen LogP contribution in [0.5, 0.6) is 0 Å². The van der Waals surface area contributed by atoms with Gasteiger partial charge in [-0.1, -0.05) is 0 Å². The first-order chi connectivity index (χ1) is 7.80. The van der Waals surface area contributed by atoms with Crippen LogP contribution in [0.25, 0.3) is 0 Å². The minimum Gasteiger partial charge on any atom is -0.326 e. The summed E-state index contributed by atoms with van der Waals surface area (Å²) in [6, 6.07) is 1.48. The van der Waals surface area contributed by atoms with Gasteiger partial charge < -0.3 is 4.90 Å². The SMILES string of the molecule is O=C(c1cc(F)c(Br)cc1F)N1CC(F)(F)C1. The summed E-state index contributed by atoms with van der Waals surface area (Å²) in [6.07, 6.45) is 0. The van der Waals surface area contributed by atoms with Crippen LogP contribution in [-0.2, 0) is 0 Å². The van der Waals surface area contributed by atoms with E-state index in [0.29, 0.717) is 6.07 Å². The minimum atomic E-state index is -2.93.